The fourth-order valence-electron chi connectivity index (χ4n) is 2.96. The molecule has 1 amide bonds. The third-order valence-electron chi connectivity index (χ3n) is 4.60. The van der Waals surface area contributed by atoms with E-state index in [-0.39, 0.29) is 5.91 Å². The van der Waals surface area contributed by atoms with Gasteiger partial charge in [-0.1, -0.05) is 48.5 Å². The van der Waals surface area contributed by atoms with Crippen molar-refractivity contribution in [1.29, 1.82) is 5.26 Å². The Hall–Kier alpha value is -2.03. The maximum Gasteiger partial charge on any atom is 0.331 e. The number of likely N-dealkylation sites (N-methyl/N-ethyl adjacent to an activating group) is 1. The van der Waals surface area contributed by atoms with Gasteiger partial charge < -0.3 is 9.64 Å². The smallest absolute Gasteiger partial charge is 0.331 e. The molecule has 1 aromatic carbocycles. The van der Waals surface area contributed by atoms with Gasteiger partial charge >= 0.3 is 5.97 Å². The summed E-state index contributed by atoms with van der Waals surface area (Å²) in [6.45, 7) is -0.398. The van der Waals surface area contributed by atoms with Crippen molar-refractivity contribution in [1.82, 2.24) is 4.90 Å². The van der Waals surface area contributed by atoms with Crippen molar-refractivity contribution in [3.05, 3.63) is 39.9 Å². The Labute approximate surface area is 163 Å². The van der Waals surface area contributed by atoms with E-state index in [9.17, 15) is 14.9 Å². The highest BCUT2D eigenvalue weighted by Gasteiger charge is 2.38. The highest BCUT2D eigenvalue weighted by molar-refractivity contribution is 6.42. The second kappa shape index (κ2) is 9.07. The van der Waals surface area contributed by atoms with Crippen LogP contribution in [0, 0.1) is 11.3 Å². The topological polar surface area (TPSA) is 70.4 Å². The molecule has 0 heterocycles. The number of nitrogens with zero attached hydrogens (tertiary/aromatic N) is 2. The van der Waals surface area contributed by atoms with Gasteiger partial charge in [-0.3, -0.25) is 4.79 Å². The molecule has 1 aliphatic rings. The van der Waals surface area contributed by atoms with Crippen LogP contribution in [0.5, 0.6) is 0 Å². The molecule has 0 aromatic heterocycles. The van der Waals surface area contributed by atoms with Crippen molar-refractivity contribution in [3.63, 3.8) is 0 Å². The molecule has 0 bridgehead atoms. The van der Waals surface area contributed by atoms with Crippen LogP contribution in [0.15, 0.2) is 24.3 Å². The van der Waals surface area contributed by atoms with Crippen LogP contribution in [0.2, 0.25) is 10.0 Å². The molecular weight excluding hydrogens is 375 g/mol. The molecule has 1 fully saturated rings. The summed E-state index contributed by atoms with van der Waals surface area (Å²) in [5, 5.41) is 10.3. The lowest BCUT2D eigenvalue weighted by Crippen LogP contribution is -2.51. The molecule has 5 nitrogen and oxygen atoms in total. The minimum atomic E-state index is -0.794. The molecule has 0 saturated heterocycles. The lowest BCUT2D eigenvalue weighted by molar-refractivity contribution is -0.150. The molecule has 0 aliphatic heterocycles. The summed E-state index contributed by atoms with van der Waals surface area (Å²) in [5.41, 5.74) is -0.108. The number of nitriles is 1. The molecule has 2 rings (SSSR count). The second-order valence-corrected chi connectivity index (χ2v) is 7.09. The maximum absolute atomic E-state index is 12.3. The fraction of sp³-hybridized carbons (Fsp3) is 0.421. The quantitative estimate of drug-likeness (QED) is 0.553. The normalized spacial score (nSPS) is 16.1. The van der Waals surface area contributed by atoms with Crippen molar-refractivity contribution in [3.8, 4) is 6.07 Å². The summed E-state index contributed by atoms with van der Waals surface area (Å²) in [5.74, 6) is -1.03. The molecule has 138 valence electrons. The second-order valence-electron chi connectivity index (χ2n) is 6.27. The van der Waals surface area contributed by atoms with Crippen molar-refractivity contribution in [2.75, 3.05) is 13.7 Å². The van der Waals surface area contributed by atoms with E-state index < -0.39 is 18.1 Å². The largest absolute Gasteiger partial charge is 0.452 e. The van der Waals surface area contributed by atoms with Crippen LogP contribution < -0.4 is 0 Å². The summed E-state index contributed by atoms with van der Waals surface area (Å²) < 4.78 is 5.00. The first-order chi connectivity index (χ1) is 12.4. The van der Waals surface area contributed by atoms with E-state index in [1.165, 1.54) is 17.1 Å². The number of benzene rings is 1. The number of amides is 1. The van der Waals surface area contributed by atoms with E-state index in [4.69, 9.17) is 27.9 Å². The third kappa shape index (κ3) is 5.00. The number of hydrogen-bond donors (Lipinski definition) is 0. The standard InChI is InChI=1S/C19H20Cl2N2O3/c1-23(19(13-22)9-3-2-4-10-19)17(24)12-26-18(25)8-6-14-5-7-15(20)16(21)11-14/h5-8,11H,2-4,9-10,12H2,1H3/b8-6+. The van der Waals surface area contributed by atoms with Gasteiger partial charge in [-0.05, 0) is 36.6 Å². The molecule has 1 aromatic rings. The zero-order chi connectivity index (χ0) is 19.2. The number of ether oxygens (including phenoxy) is 1. The van der Waals surface area contributed by atoms with Gasteiger partial charge in [0, 0.05) is 13.1 Å². The molecule has 7 heteroatoms. The Bertz CT molecular complexity index is 750. The lowest BCUT2D eigenvalue weighted by Gasteiger charge is -2.38. The van der Waals surface area contributed by atoms with Gasteiger partial charge in [0.15, 0.2) is 6.61 Å². The van der Waals surface area contributed by atoms with Crippen LogP contribution >= 0.6 is 23.2 Å². The van der Waals surface area contributed by atoms with Gasteiger partial charge in [0.05, 0.1) is 16.1 Å². The zero-order valence-electron chi connectivity index (χ0n) is 14.5. The fourth-order valence-corrected chi connectivity index (χ4v) is 3.26. The molecular formula is C19H20Cl2N2O3. The van der Waals surface area contributed by atoms with Crippen molar-refractivity contribution in [2.45, 2.75) is 37.6 Å². The van der Waals surface area contributed by atoms with Gasteiger partial charge in [0.1, 0.15) is 5.54 Å². The minimum Gasteiger partial charge on any atom is -0.452 e. The summed E-state index contributed by atoms with van der Waals surface area (Å²) >= 11 is 11.7. The Balaban J connectivity index is 1.89. The number of halogens is 2. The summed E-state index contributed by atoms with van der Waals surface area (Å²) in [4.78, 5) is 25.5. The number of hydrogen-bond acceptors (Lipinski definition) is 4. The van der Waals surface area contributed by atoms with Crippen molar-refractivity contribution < 1.29 is 14.3 Å². The van der Waals surface area contributed by atoms with Crippen LogP contribution in [-0.2, 0) is 14.3 Å². The van der Waals surface area contributed by atoms with E-state index in [0.717, 1.165) is 19.3 Å². The van der Waals surface area contributed by atoms with Crippen LogP contribution in [-0.4, -0.2) is 36.0 Å². The molecule has 0 N–H and O–H groups in total. The van der Waals surface area contributed by atoms with Crippen LogP contribution in [0.4, 0.5) is 0 Å². The Morgan fingerprint density at radius 1 is 1.27 bits per heavy atom. The Morgan fingerprint density at radius 2 is 1.96 bits per heavy atom. The highest BCUT2D eigenvalue weighted by Crippen LogP contribution is 2.32. The number of carbonyl (C=O) groups is 2. The van der Waals surface area contributed by atoms with Crippen molar-refractivity contribution in [2.24, 2.45) is 0 Å². The van der Waals surface area contributed by atoms with Gasteiger partial charge in [0.2, 0.25) is 0 Å². The van der Waals surface area contributed by atoms with Crippen LogP contribution in [0.3, 0.4) is 0 Å². The lowest BCUT2D eigenvalue weighted by atomic mass is 9.81. The van der Waals surface area contributed by atoms with E-state index in [1.54, 1.807) is 25.2 Å². The first kappa shape index (κ1) is 20.3. The number of carbonyl (C=O) groups excluding carboxylic acids is 2. The molecule has 0 spiro atoms. The summed E-state index contributed by atoms with van der Waals surface area (Å²) in [6.07, 6.45) is 6.94. The van der Waals surface area contributed by atoms with Crippen molar-refractivity contribution >= 4 is 41.2 Å². The van der Waals surface area contributed by atoms with E-state index in [2.05, 4.69) is 6.07 Å². The number of esters is 1. The van der Waals surface area contributed by atoms with Crippen LogP contribution in [0.1, 0.15) is 37.7 Å². The molecule has 0 atom stereocenters. The van der Waals surface area contributed by atoms with E-state index >= 15 is 0 Å². The minimum absolute atomic E-state index is 0.383. The molecule has 26 heavy (non-hydrogen) atoms. The predicted octanol–water partition coefficient (Wildman–Crippen LogP) is 4.23. The molecule has 1 saturated carbocycles. The average molecular weight is 395 g/mol. The van der Waals surface area contributed by atoms with E-state index in [1.807, 2.05) is 0 Å². The van der Waals surface area contributed by atoms with Gasteiger partial charge in [-0.15, -0.1) is 0 Å². The first-order valence-corrected chi connectivity index (χ1v) is 9.11. The average Bonchev–Trinajstić information content (AvgIpc) is 2.66. The SMILES string of the molecule is CN(C(=O)COC(=O)/C=C/c1ccc(Cl)c(Cl)c1)C1(C#N)CCCCC1. The Morgan fingerprint density at radius 3 is 2.58 bits per heavy atom. The summed E-state index contributed by atoms with van der Waals surface area (Å²) in [7, 11) is 1.59. The zero-order valence-corrected chi connectivity index (χ0v) is 16.0. The summed E-state index contributed by atoms with van der Waals surface area (Å²) in [6, 6.07) is 7.22. The highest BCUT2D eigenvalue weighted by atomic mass is 35.5. The molecule has 0 unspecified atom stereocenters. The number of rotatable bonds is 5. The Kier molecular flexibility index (Phi) is 7.07. The first-order valence-electron chi connectivity index (χ1n) is 8.36. The third-order valence-corrected chi connectivity index (χ3v) is 5.34. The molecule has 0 radical (unpaired) electrons. The van der Waals surface area contributed by atoms with Gasteiger partial charge in [-0.2, -0.15) is 5.26 Å². The van der Waals surface area contributed by atoms with Crippen LogP contribution in [0.25, 0.3) is 6.08 Å². The van der Waals surface area contributed by atoms with E-state index in [0.29, 0.717) is 28.5 Å². The molecule has 1 aliphatic carbocycles. The van der Waals surface area contributed by atoms with Gasteiger partial charge in [-0.25, -0.2) is 4.79 Å². The predicted molar refractivity (Wildman–Crippen MR) is 101 cm³/mol. The maximum atomic E-state index is 12.3. The monoisotopic (exact) mass is 394 g/mol. The van der Waals surface area contributed by atoms with Gasteiger partial charge in [0.25, 0.3) is 5.91 Å².